The molecule has 14 heteroatoms. The van der Waals surface area contributed by atoms with E-state index in [1.165, 1.54) is 0 Å². The first-order chi connectivity index (χ1) is 25.7. The second kappa shape index (κ2) is 14.1. The Morgan fingerprint density at radius 1 is 0.764 bits per heavy atom. The molecule has 0 aromatic rings. The summed E-state index contributed by atoms with van der Waals surface area (Å²) in [6.45, 7) is 15.0. The Hall–Kier alpha value is -2.01. The first-order valence-electron chi connectivity index (χ1n) is 20.3. The van der Waals surface area contributed by atoms with Crippen molar-refractivity contribution < 1.29 is 69.1 Å². The van der Waals surface area contributed by atoms with Crippen molar-refractivity contribution in [1.82, 2.24) is 0 Å². The number of hydrogen-bond acceptors (Lipinski definition) is 12. The van der Waals surface area contributed by atoms with Crippen LogP contribution >= 0.6 is 0 Å². The molecule has 0 spiro atoms. The van der Waals surface area contributed by atoms with Crippen molar-refractivity contribution in [2.45, 2.75) is 160 Å². The van der Waals surface area contributed by atoms with Crippen LogP contribution in [0.15, 0.2) is 12.2 Å². The number of carbonyl (C=O) groups is 3. The fourth-order valence-corrected chi connectivity index (χ4v) is 14.1. The van der Waals surface area contributed by atoms with Crippen LogP contribution in [0.3, 0.4) is 0 Å². The van der Waals surface area contributed by atoms with Crippen molar-refractivity contribution in [3.05, 3.63) is 12.2 Å². The fraction of sp³-hybridized carbons (Fsp3) is 0.878. The number of aliphatic hydroxyl groups excluding tert-OH is 5. The van der Waals surface area contributed by atoms with Gasteiger partial charge < -0.3 is 59.5 Å². The van der Waals surface area contributed by atoms with Gasteiger partial charge in [-0.15, -0.1) is 0 Å². The van der Waals surface area contributed by atoms with Crippen LogP contribution in [0, 0.1) is 56.7 Å². The molecule has 7 fully saturated rings. The number of hydrogen-bond donors (Lipinski definition) is 7. The molecule has 2 heterocycles. The van der Waals surface area contributed by atoms with Gasteiger partial charge in [0.25, 0.3) is 0 Å². The van der Waals surface area contributed by atoms with Crippen molar-refractivity contribution in [2.24, 2.45) is 56.7 Å². The lowest BCUT2D eigenvalue weighted by atomic mass is 9.32. The van der Waals surface area contributed by atoms with Gasteiger partial charge in [-0.3, -0.25) is 4.79 Å². The summed E-state index contributed by atoms with van der Waals surface area (Å²) in [5.41, 5.74) is -1.26. The number of aliphatic carboxylic acids is 2. The van der Waals surface area contributed by atoms with Gasteiger partial charge in [-0.05, 0) is 117 Å². The minimum absolute atomic E-state index is 0.0385. The van der Waals surface area contributed by atoms with E-state index in [0.29, 0.717) is 32.1 Å². The number of ether oxygens (including phenoxy) is 4. The maximum Gasteiger partial charge on any atom is 0.335 e. The summed E-state index contributed by atoms with van der Waals surface area (Å²) in [6.07, 6.45) is -7.73. The normalized spacial score (nSPS) is 54.9. The van der Waals surface area contributed by atoms with Gasteiger partial charge in [0.05, 0.1) is 23.5 Å². The molecule has 55 heavy (non-hydrogen) atoms. The van der Waals surface area contributed by atoms with Gasteiger partial charge in [-0.25, -0.2) is 4.79 Å². The third-order valence-corrected chi connectivity index (χ3v) is 17.2. The Morgan fingerprint density at radius 3 is 2.11 bits per heavy atom. The molecule has 0 aromatic heterocycles. The highest BCUT2D eigenvalue weighted by Crippen LogP contribution is 2.77. The van der Waals surface area contributed by atoms with E-state index < -0.39 is 90.8 Å². The van der Waals surface area contributed by atoms with Crippen LogP contribution in [0.4, 0.5) is 0 Å². The van der Waals surface area contributed by atoms with Crippen LogP contribution < -0.4 is 0 Å². The molecule has 2 saturated heterocycles. The third-order valence-electron chi connectivity index (χ3n) is 17.2. The molecule has 0 aromatic carbocycles. The SMILES string of the molecule is C=C(C)C1CCC2(C(=O)O)CCC3(C)C(CCC4C5(C)CCC(OC6OC(C(=O)O)C(O)C(O)C6OC6OCC(O)C(O)C6O)C(C)(C=O)C5CCC43C)C12. The Bertz CT molecular complexity index is 1540. The summed E-state index contributed by atoms with van der Waals surface area (Å²) < 4.78 is 23.5. The van der Waals surface area contributed by atoms with Crippen LogP contribution in [0.1, 0.15) is 98.8 Å². The molecular weight excluding hydrogens is 716 g/mol. The van der Waals surface area contributed by atoms with Gasteiger partial charge in [0.15, 0.2) is 18.7 Å². The number of aldehydes is 1. The molecule has 5 saturated carbocycles. The molecule has 310 valence electrons. The van der Waals surface area contributed by atoms with Crippen molar-refractivity contribution in [3.8, 4) is 0 Å². The van der Waals surface area contributed by atoms with Gasteiger partial charge >= 0.3 is 11.9 Å². The molecule has 0 radical (unpaired) electrons. The molecule has 20 unspecified atom stereocenters. The monoisotopic (exact) mass is 778 g/mol. The van der Waals surface area contributed by atoms with Crippen LogP contribution in [-0.2, 0) is 33.3 Å². The lowest BCUT2D eigenvalue weighted by Gasteiger charge is -2.72. The standard InChI is InChI=1S/C41H62O14/c1-19(2)20-9-14-41(36(50)51)16-15-39(5)21(26(20)41)7-8-24-37(3)12-11-25(38(4,18-42)23(37)10-13-40(24,39)6)53-35-32(29(46)28(45)31(54-35)33(48)49)55-34-30(47)27(44)22(43)17-52-34/h18,20-32,34-35,43-47H,1,7-17H2,2-6H3,(H,48,49)(H,50,51). The highest BCUT2D eigenvalue weighted by molar-refractivity contribution is 5.76. The summed E-state index contributed by atoms with van der Waals surface area (Å²) >= 11 is 0. The molecule has 7 rings (SSSR count). The Labute approximate surface area is 322 Å². The lowest BCUT2D eigenvalue weighted by Crippen LogP contribution is -2.68. The number of rotatable bonds is 8. The zero-order chi connectivity index (χ0) is 40.2. The van der Waals surface area contributed by atoms with Gasteiger partial charge in [-0.1, -0.05) is 39.8 Å². The average Bonchev–Trinajstić information content (AvgIpc) is 3.54. The van der Waals surface area contributed by atoms with E-state index in [1.807, 2.05) is 6.92 Å². The minimum atomic E-state index is -1.95. The maximum atomic E-state index is 13.5. The van der Waals surface area contributed by atoms with E-state index in [9.17, 15) is 50.1 Å². The average molecular weight is 779 g/mol. The predicted molar refractivity (Wildman–Crippen MR) is 193 cm³/mol. The van der Waals surface area contributed by atoms with Crippen molar-refractivity contribution in [2.75, 3.05) is 6.61 Å². The highest BCUT2D eigenvalue weighted by atomic mass is 16.8. The maximum absolute atomic E-state index is 13.5. The highest BCUT2D eigenvalue weighted by Gasteiger charge is 2.72. The van der Waals surface area contributed by atoms with Crippen LogP contribution in [0.25, 0.3) is 0 Å². The molecule has 0 amide bonds. The summed E-state index contributed by atoms with van der Waals surface area (Å²) in [5.74, 6) is -1.66. The van der Waals surface area contributed by atoms with Crippen molar-refractivity contribution >= 4 is 18.2 Å². The molecule has 20 atom stereocenters. The predicted octanol–water partition coefficient (Wildman–Crippen LogP) is 2.65. The molecule has 7 N–H and O–H groups in total. The summed E-state index contributed by atoms with van der Waals surface area (Å²) in [7, 11) is 0. The van der Waals surface area contributed by atoms with Crippen LogP contribution in [0.5, 0.6) is 0 Å². The van der Waals surface area contributed by atoms with E-state index in [2.05, 4.69) is 34.3 Å². The molecule has 0 bridgehead atoms. The molecule has 14 nitrogen and oxygen atoms in total. The number of carboxylic acids is 2. The van der Waals surface area contributed by atoms with Gasteiger partial charge in [0.1, 0.15) is 42.9 Å². The number of carbonyl (C=O) groups excluding carboxylic acids is 1. The summed E-state index contributed by atoms with van der Waals surface area (Å²) in [4.78, 5) is 38.7. The minimum Gasteiger partial charge on any atom is -0.481 e. The van der Waals surface area contributed by atoms with Gasteiger partial charge in [0.2, 0.25) is 0 Å². The second-order valence-electron chi connectivity index (χ2n) is 19.4. The van der Waals surface area contributed by atoms with Crippen molar-refractivity contribution in [3.63, 3.8) is 0 Å². The fourth-order valence-electron chi connectivity index (χ4n) is 14.1. The van der Waals surface area contributed by atoms with E-state index >= 15 is 0 Å². The van der Waals surface area contributed by atoms with Crippen LogP contribution in [0.2, 0.25) is 0 Å². The first-order valence-corrected chi connectivity index (χ1v) is 20.3. The first kappa shape index (κ1) is 41.2. The van der Waals surface area contributed by atoms with Gasteiger partial charge in [0, 0.05) is 0 Å². The molecule has 7 aliphatic rings. The Kier molecular flexibility index (Phi) is 10.5. The quantitative estimate of drug-likeness (QED) is 0.107. The largest absolute Gasteiger partial charge is 0.481 e. The summed E-state index contributed by atoms with van der Waals surface area (Å²) in [5, 5.41) is 73.2. The third kappa shape index (κ3) is 5.85. The molecule has 5 aliphatic carbocycles. The summed E-state index contributed by atoms with van der Waals surface area (Å²) in [6, 6.07) is 0. The Balaban J connectivity index is 1.16. The number of carboxylic acid groups (broad SMARTS) is 2. The topological polar surface area (TPSA) is 230 Å². The number of aliphatic hydroxyl groups is 5. The second-order valence-corrected chi connectivity index (χ2v) is 19.4. The van der Waals surface area contributed by atoms with Gasteiger partial charge in [-0.2, -0.15) is 0 Å². The smallest absolute Gasteiger partial charge is 0.335 e. The van der Waals surface area contributed by atoms with E-state index in [4.69, 9.17) is 18.9 Å². The lowest BCUT2D eigenvalue weighted by molar-refractivity contribution is -0.365. The Morgan fingerprint density at radius 2 is 1.47 bits per heavy atom. The number of allylic oxidation sites excluding steroid dienone is 1. The molecule has 2 aliphatic heterocycles. The van der Waals surface area contributed by atoms with Crippen molar-refractivity contribution in [1.29, 1.82) is 0 Å². The number of fused-ring (bicyclic) bond motifs is 7. The van der Waals surface area contributed by atoms with E-state index in [0.717, 1.165) is 44.0 Å². The zero-order valence-corrected chi connectivity index (χ0v) is 32.7. The van der Waals surface area contributed by atoms with E-state index in [-0.39, 0.29) is 45.8 Å². The van der Waals surface area contributed by atoms with Crippen LogP contribution in [-0.4, -0.2) is 122 Å². The zero-order valence-electron chi connectivity index (χ0n) is 32.7. The molecular formula is C41H62O14. The van der Waals surface area contributed by atoms with E-state index in [1.54, 1.807) is 0 Å².